The molecule has 3 heterocycles. The minimum absolute atomic E-state index is 0.00493. The maximum atomic E-state index is 13.8. The molecule has 0 saturated carbocycles. The molecule has 11 heteroatoms. The molecule has 0 unspecified atom stereocenters. The van der Waals surface area contributed by atoms with Gasteiger partial charge < -0.3 is 20.3 Å². The van der Waals surface area contributed by atoms with Crippen LogP contribution in [-0.2, 0) is 0 Å². The second-order valence-corrected chi connectivity index (χ2v) is 6.99. The molecule has 1 amide bonds. The number of halogens is 2. The molecule has 4 aromatic rings. The molecular weight excluding hydrogens is 436 g/mol. The second kappa shape index (κ2) is 9.67. The van der Waals surface area contributed by atoms with Crippen LogP contribution in [-0.4, -0.2) is 55.0 Å². The number of ether oxygens (including phenoxy) is 1. The highest BCUT2D eigenvalue weighted by Gasteiger charge is 2.21. The number of pyridine rings is 2. The lowest BCUT2D eigenvalue weighted by Gasteiger charge is -2.12. The van der Waals surface area contributed by atoms with E-state index in [9.17, 15) is 18.7 Å². The first-order chi connectivity index (χ1) is 16.0. The number of hydrogen-bond acceptors (Lipinski definition) is 7. The second-order valence-electron chi connectivity index (χ2n) is 6.99. The molecule has 0 radical (unpaired) electrons. The van der Waals surface area contributed by atoms with E-state index in [1.54, 1.807) is 36.5 Å². The van der Waals surface area contributed by atoms with Crippen molar-refractivity contribution >= 4 is 17.4 Å². The third-order valence-electron chi connectivity index (χ3n) is 4.67. The summed E-state index contributed by atoms with van der Waals surface area (Å²) in [6, 6.07) is 12.2. The number of fused-ring (bicyclic) bond motifs is 1. The molecule has 0 bridgehead atoms. The zero-order valence-corrected chi connectivity index (χ0v) is 17.1. The average molecular weight is 455 g/mol. The van der Waals surface area contributed by atoms with Crippen molar-refractivity contribution in [1.82, 2.24) is 19.6 Å². The Balaban J connectivity index is 1.67. The Bertz CT molecular complexity index is 1270. The molecular formula is C22H19F2N5O4. The van der Waals surface area contributed by atoms with Crippen LogP contribution < -0.4 is 10.1 Å². The molecule has 0 fully saturated rings. The lowest BCUT2D eigenvalue weighted by molar-refractivity contribution is 0.0534. The Labute approximate surface area is 186 Å². The first-order valence-corrected chi connectivity index (χ1v) is 9.88. The van der Waals surface area contributed by atoms with Crippen LogP contribution in [0.4, 0.5) is 14.6 Å². The van der Waals surface area contributed by atoms with E-state index in [-0.39, 0.29) is 40.5 Å². The molecule has 0 aliphatic rings. The number of carbonyl (C=O) groups excluding carboxylic acids is 1. The summed E-state index contributed by atoms with van der Waals surface area (Å²) in [4.78, 5) is 21.1. The first kappa shape index (κ1) is 22.2. The minimum atomic E-state index is -2.86. The first-order valence-electron chi connectivity index (χ1n) is 9.88. The van der Waals surface area contributed by atoms with Gasteiger partial charge in [-0.15, -0.1) is 5.10 Å². The average Bonchev–Trinajstić information content (AvgIpc) is 3.27. The van der Waals surface area contributed by atoms with Crippen LogP contribution in [0, 0.1) is 0 Å². The molecule has 0 aliphatic heterocycles. The number of nitrogens with zero attached hydrogens (tertiary/aromatic N) is 4. The molecule has 4 rings (SSSR count). The van der Waals surface area contributed by atoms with Crippen molar-refractivity contribution < 1.29 is 28.5 Å². The monoisotopic (exact) mass is 455 g/mol. The van der Waals surface area contributed by atoms with Gasteiger partial charge in [0.15, 0.2) is 11.5 Å². The fraction of sp³-hybridized carbons (Fsp3) is 0.182. The predicted molar refractivity (Wildman–Crippen MR) is 114 cm³/mol. The molecule has 0 saturated heterocycles. The van der Waals surface area contributed by atoms with Gasteiger partial charge in [-0.3, -0.25) is 4.79 Å². The van der Waals surface area contributed by atoms with Crippen LogP contribution in [0.2, 0.25) is 0 Å². The van der Waals surface area contributed by atoms with E-state index < -0.39 is 25.0 Å². The van der Waals surface area contributed by atoms with Crippen molar-refractivity contribution in [1.29, 1.82) is 0 Å². The van der Waals surface area contributed by atoms with Crippen molar-refractivity contribution in [2.75, 3.05) is 18.5 Å². The van der Waals surface area contributed by atoms with E-state index in [2.05, 4.69) is 20.4 Å². The molecule has 33 heavy (non-hydrogen) atoms. The normalized spacial score (nSPS) is 12.2. The zero-order valence-electron chi connectivity index (χ0n) is 17.1. The number of hydrogen-bond donors (Lipinski definition) is 3. The van der Waals surface area contributed by atoms with E-state index in [1.807, 2.05) is 0 Å². The fourth-order valence-electron chi connectivity index (χ4n) is 3.08. The maximum Gasteiger partial charge on any atom is 0.264 e. The summed E-state index contributed by atoms with van der Waals surface area (Å²) >= 11 is 0. The highest BCUT2D eigenvalue weighted by Crippen LogP contribution is 2.33. The number of nitrogens with one attached hydrogen (secondary N) is 1. The number of alkyl halides is 2. The van der Waals surface area contributed by atoms with E-state index >= 15 is 0 Å². The number of amides is 1. The summed E-state index contributed by atoms with van der Waals surface area (Å²) in [6.07, 6.45) is -0.894. The third-order valence-corrected chi connectivity index (χ3v) is 4.67. The van der Waals surface area contributed by atoms with Crippen molar-refractivity contribution in [2.24, 2.45) is 0 Å². The van der Waals surface area contributed by atoms with Gasteiger partial charge in [0.25, 0.3) is 12.3 Å². The van der Waals surface area contributed by atoms with Gasteiger partial charge in [-0.05, 0) is 42.5 Å². The van der Waals surface area contributed by atoms with Crippen molar-refractivity contribution in [3.05, 3.63) is 72.1 Å². The summed E-state index contributed by atoms with van der Waals surface area (Å²) in [7, 11) is 0. The predicted octanol–water partition coefficient (Wildman–Crippen LogP) is 2.71. The van der Waals surface area contributed by atoms with Gasteiger partial charge in [-0.25, -0.2) is 23.3 Å². The molecule has 0 spiro atoms. The van der Waals surface area contributed by atoms with E-state index in [1.165, 1.54) is 22.8 Å². The van der Waals surface area contributed by atoms with Gasteiger partial charge in [-0.2, -0.15) is 0 Å². The van der Waals surface area contributed by atoms with Gasteiger partial charge in [-0.1, -0.05) is 6.07 Å². The van der Waals surface area contributed by atoms with Gasteiger partial charge in [0, 0.05) is 23.5 Å². The Morgan fingerprint density at radius 1 is 1.18 bits per heavy atom. The van der Waals surface area contributed by atoms with Crippen molar-refractivity contribution in [2.45, 2.75) is 12.5 Å². The number of aliphatic hydroxyl groups is 2. The van der Waals surface area contributed by atoms with Gasteiger partial charge >= 0.3 is 0 Å². The summed E-state index contributed by atoms with van der Waals surface area (Å²) < 4.78 is 34.2. The number of aliphatic hydroxyl groups excluding tert-OH is 2. The van der Waals surface area contributed by atoms with E-state index in [4.69, 9.17) is 9.84 Å². The number of benzene rings is 1. The van der Waals surface area contributed by atoms with Crippen molar-refractivity contribution in [3.8, 4) is 17.1 Å². The van der Waals surface area contributed by atoms with Gasteiger partial charge in [0.2, 0.25) is 0 Å². The molecule has 9 nitrogen and oxygen atoms in total. The van der Waals surface area contributed by atoms with Gasteiger partial charge in [0.05, 0.1) is 12.2 Å². The number of rotatable bonds is 8. The molecule has 1 atom stereocenters. The number of carbonyl (C=O) groups is 1. The highest BCUT2D eigenvalue weighted by molar-refractivity contribution is 6.07. The Morgan fingerprint density at radius 3 is 2.76 bits per heavy atom. The lowest BCUT2D eigenvalue weighted by Crippen LogP contribution is -2.21. The van der Waals surface area contributed by atoms with Crippen LogP contribution >= 0.6 is 0 Å². The van der Waals surface area contributed by atoms with Gasteiger partial charge in [0.1, 0.15) is 24.3 Å². The minimum Gasteiger partial charge on any atom is -0.491 e. The largest absolute Gasteiger partial charge is 0.491 e. The van der Waals surface area contributed by atoms with Crippen LogP contribution in [0.5, 0.6) is 5.75 Å². The fourth-order valence-corrected chi connectivity index (χ4v) is 3.08. The Kier molecular flexibility index (Phi) is 6.52. The smallest absolute Gasteiger partial charge is 0.264 e. The molecule has 170 valence electrons. The van der Waals surface area contributed by atoms with Crippen LogP contribution in [0.15, 0.2) is 60.9 Å². The van der Waals surface area contributed by atoms with Crippen LogP contribution in [0.25, 0.3) is 17.0 Å². The Hall–Kier alpha value is -3.96. The van der Waals surface area contributed by atoms with Crippen LogP contribution in [0.3, 0.4) is 0 Å². The quantitative estimate of drug-likeness (QED) is 0.373. The molecule has 1 aromatic carbocycles. The SMILES string of the molecule is O=C(Nc1ccccn1)c1cccn2nc(-c3ccc(OC[C@@H](O)CO)cc3C(F)F)nc12. The topological polar surface area (TPSA) is 122 Å². The molecule has 3 N–H and O–H groups in total. The zero-order chi connectivity index (χ0) is 23.4. The summed E-state index contributed by atoms with van der Waals surface area (Å²) in [5.74, 6) is -0.0178. The molecule has 3 aromatic heterocycles. The summed E-state index contributed by atoms with van der Waals surface area (Å²) in [5, 5.41) is 25.2. The third kappa shape index (κ3) is 4.94. The number of aromatic nitrogens is 4. The standard InChI is InChI=1S/C22H19F2N5O4/c23-19(24)17-10-14(33-12-13(31)11-30)6-7-15(17)20-27-21-16(4-3-9-29(21)28-20)22(32)26-18-5-1-2-8-25-18/h1-10,13,19,30-31H,11-12H2,(H,25,26,32)/t13-/m0/s1. The summed E-state index contributed by atoms with van der Waals surface area (Å²) in [5.41, 5.74) is 0.0761. The maximum absolute atomic E-state index is 13.8. The van der Waals surface area contributed by atoms with E-state index in [0.717, 1.165) is 6.07 Å². The lowest BCUT2D eigenvalue weighted by atomic mass is 10.1. The van der Waals surface area contributed by atoms with Crippen LogP contribution in [0.1, 0.15) is 22.3 Å². The van der Waals surface area contributed by atoms with E-state index in [0.29, 0.717) is 5.82 Å². The van der Waals surface area contributed by atoms with Crippen molar-refractivity contribution in [3.63, 3.8) is 0 Å². The number of anilines is 1. The summed E-state index contributed by atoms with van der Waals surface area (Å²) in [6.45, 7) is -0.763. The highest BCUT2D eigenvalue weighted by atomic mass is 19.3. The molecule has 0 aliphatic carbocycles. The Morgan fingerprint density at radius 2 is 2.03 bits per heavy atom.